The molecule has 7 atom stereocenters. The van der Waals surface area contributed by atoms with Crippen LogP contribution in [0.2, 0.25) is 0 Å². The van der Waals surface area contributed by atoms with Gasteiger partial charge in [-0.05, 0) is 93.8 Å². The Morgan fingerprint density at radius 3 is 2.73 bits per heavy atom. The van der Waals surface area contributed by atoms with Gasteiger partial charge in [-0.25, -0.2) is 0 Å². The Morgan fingerprint density at radius 1 is 1.20 bits per heavy atom. The van der Waals surface area contributed by atoms with Gasteiger partial charge in [0.15, 0.2) is 5.78 Å². The molecule has 0 bridgehead atoms. The molecule has 4 aliphatic carbocycles. The van der Waals surface area contributed by atoms with Crippen molar-refractivity contribution in [3.05, 3.63) is 23.8 Å². The predicted molar refractivity (Wildman–Crippen MR) is 116 cm³/mol. The fourth-order valence-electron chi connectivity index (χ4n) is 7.98. The van der Waals surface area contributed by atoms with Crippen LogP contribution in [0.15, 0.2) is 18.0 Å². The second-order valence-electron chi connectivity index (χ2n) is 11.6. The third-order valence-electron chi connectivity index (χ3n) is 9.84. The molecule has 5 heteroatoms. The average molecular weight is 412 g/mol. The molecule has 1 aromatic heterocycles. The van der Waals surface area contributed by atoms with Gasteiger partial charge in [-0.1, -0.05) is 25.5 Å². The monoisotopic (exact) mass is 411 g/mol. The zero-order chi connectivity index (χ0) is 21.3. The molecule has 1 heterocycles. The molecule has 0 amide bonds. The lowest BCUT2D eigenvalue weighted by atomic mass is 9.47. The molecule has 3 fully saturated rings. The molecule has 30 heavy (non-hydrogen) atoms. The van der Waals surface area contributed by atoms with Crippen LogP contribution in [0.4, 0.5) is 0 Å². The molecule has 1 N–H and O–H groups in total. The molecule has 0 spiro atoms. The lowest BCUT2D eigenvalue weighted by Crippen LogP contribution is -2.51. The van der Waals surface area contributed by atoms with Crippen LogP contribution in [0.25, 0.3) is 0 Å². The van der Waals surface area contributed by atoms with Gasteiger partial charge < -0.3 is 9.67 Å². The maximum Gasteiger partial charge on any atom is 0.156 e. The first kappa shape index (κ1) is 20.4. The first-order valence-electron chi connectivity index (χ1n) is 11.9. The van der Waals surface area contributed by atoms with E-state index in [0.717, 1.165) is 37.9 Å². The van der Waals surface area contributed by atoms with E-state index in [2.05, 4.69) is 30.1 Å². The third kappa shape index (κ3) is 2.95. The molecular formula is C25H37N3O2. The van der Waals surface area contributed by atoms with E-state index in [4.69, 9.17) is 0 Å². The van der Waals surface area contributed by atoms with E-state index in [1.807, 2.05) is 18.4 Å². The largest absolute Gasteiger partial charge is 0.390 e. The number of nitrogens with zero attached hydrogens (tertiary/aromatic N) is 3. The highest BCUT2D eigenvalue weighted by Crippen LogP contribution is 2.66. The van der Waals surface area contributed by atoms with Crippen molar-refractivity contribution in [2.75, 3.05) is 0 Å². The molecule has 0 radical (unpaired) electrons. The number of rotatable bonds is 3. The number of hydrogen-bond acceptors (Lipinski definition) is 4. The van der Waals surface area contributed by atoms with Crippen LogP contribution in [-0.2, 0) is 11.3 Å². The lowest BCUT2D eigenvalue weighted by Gasteiger charge is -2.58. The normalized spacial score (nSPS) is 45.3. The average Bonchev–Trinajstić information content (AvgIpc) is 3.24. The molecule has 5 nitrogen and oxygen atoms in total. The quantitative estimate of drug-likeness (QED) is 0.745. The molecule has 4 aliphatic rings. The van der Waals surface area contributed by atoms with Crippen LogP contribution >= 0.6 is 0 Å². The SMILES string of the molecule is Cc1nncn1CC(=O)[C@H]1CC[C@H]2[C@@H]3CC[C@@H]4C[C@](C)(O)CC[C@]4(C)C3=CC[C@]12C. The Morgan fingerprint density at radius 2 is 2.00 bits per heavy atom. The molecule has 164 valence electrons. The van der Waals surface area contributed by atoms with Crippen molar-refractivity contribution in [3.63, 3.8) is 0 Å². The zero-order valence-electron chi connectivity index (χ0n) is 19.0. The number of Topliss-reactive ketones (excluding diaryl/α,β-unsaturated/α-hetero) is 1. The number of aryl methyl sites for hydroxylation is 1. The Balaban J connectivity index is 1.40. The lowest BCUT2D eigenvalue weighted by molar-refractivity contribution is -0.128. The summed E-state index contributed by atoms with van der Waals surface area (Å²) in [5.74, 6) is 3.15. The maximum absolute atomic E-state index is 13.3. The number of hydrogen-bond donors (Lipinski definition) is 1. The number of fused-ring (bicyclic) bond motifs is 5. The number of carbonyl (C=O) groups is 1. The number of ketones is 1. The van der Waals surface area contributed by atoms with E-state index in [1.165, 1.54) is 19.3 Å². The summed E-state index contributed by atoms with van der Waals surface area (Å²) in [7, 11) is 0. The van der Waals surface area contributed by atoms with Crippen molar-refractivity contribution in [1.29, 1.82) is 0 Å². The Bertz CT molecular complexity index is 887. The topological polar surface area (TPSA) is 68.0 Å². The van der Waals surface area contributed by atoms with Gasteiger partial charge in [-0.3, -0.25) is 4.79 Å². The van der Waals surface area contributed by atoms with E-state index in [-0.39, 0.29) is 16.7 Å². The molecule has 5 rings (SSSR count). The molecule has 0 aliphatic heterocycles. The number of allylic oxidation sites excluding steroid dienone is 2. The van der Waals surface area contributed by atoms with Gasteiger partial charge in [0.05, 0.1) is 12.1 Å². The first-order chi connectivity index (χ1) is 14.1. The summed E-state index contributed by atoms with van der Waals surface area (Å²) in [4.78, 5) is 13.3. The fraction of sp³-hybridized carbons (Fsp3) is 0.800. The molecular weight excluding hydrogens is 374 g/mol. The van der Waals surface area contributed by atoms with Gasteiger partial charge in [-0.2, -0.15) is 0 Å². The van der Waals surface area contributed by atoms with Crippen LogP contribution in [0.1, 0.15) is 78.0 Å². The van der Waals surface area contributed by atoms with E-state index in [0.29, 0.717) is 30.1 Å². The van der Waals surface area contributed by atoms with Crippen LogP contribution in [0.5, 0.6) is 0 Å². The minimum absolute atomic E-state index is 0.0799. The van der Waals surface area contributed by atoms with E-state index in [1.54, 1.807) is 11.9 Å². The number of aromatic nitrogens is 3. The molecule has 0 saturated heterocycles. The second-order valence-corrected chi connectivity index (χ2v) is 11.6. The van der Waals surface area contributed by atoms with E-state index < -0.39 is 5.60 Å². The van der Waals surface area contributed by atoms with Crippen molar-refractivity contribution in [3.8, 4) is 0 Å². The molecule has 1 aromatic rings. The van der Waals surface area contributed by atoms with Gasteiger partial charge in [0.2, 0.25) is 0 Å². The standard InChI is InChI=1S/C25H37N3O2/c1-16-27-26-15-28(16)14-22(29)21-8-7-19-18-6-5-17-13-23(2,30)11-12-24(17,3)20(18)9-10-25(19,21)4/h9,15,17-19,21,30H,5-8,10-14H2,1-4H3/t17-,18+,19+,21-,23-,24+,25+/m1/s1. The summed E-state index contributed by atoms with van der Waals surface area (Å²) in [6, 6.07) is 0. The van der Waals surface area contributed by atoms with Crippen LogP contribution < -0.4 is 0 Å². The summed E-state index contributed by atoms with van der Waals surface area (Å²) in [5, 5.41) is 18.7. The van der Waals surface area contributed by atoms with E-state index in [9.17, 15) is 9.90 Å². The summed E-state index contributed by atoms with van der Waals surface area (Å²) in [6.07, 6.45) is 12.9. The number of carbonyl (C=O) groups excluding carboxylic acids is 1. The van der Waals surface area contributed by atoms with Gasteiger partial charge >= 0.3 is 0 Å². The Labute approximate surface area is 180 Å². The molecule has 0 aromatic carbocycles. The Hall–Kier alpha value is -1.49. The first-order valence-corrected chi connectivity index (χ1v) is 11.9. The van der Waals surface area contributed by atoms with Gasteiger partial charge in [0.1, 0.15) is 12.2 Å². The predicted octanol–water partition coefficient (Wildman–Crippen LogP) is 4.49. The smallest absolute Gasteiger partial charge is 0.156 e. The zero-order valence-corrected chi connectivity index (χ0v) is 19.0. The van der Waals surface area contributed by atoms with Gasteiger partial charge in [0, 0.05) is 5.92 Å². The highest BCUT2D eigenvalue weighted by Gasteiger charge is 2.59. The van der Waals surface area contributed by atoms with Crippen molar-refractivity contribution >= 4 is 5.78 Å². The van der Waals surface area contributed by atoms with Crippen molar-refractivity contribution < 1.29 is 9.90 Å². The van der Waals surface area contributed by atoms with Crippen molar-refractivity contribution in [2.24, 2.45) is 34.5 Å². The summed E-state index contributed by atoms with van der Waals surface area (Å²) < 4.78 is 1.89. The second kappa shape index (κ2) is 6.75. The third-order valence-corrected chi connectivity index (χ3v) is 9.84. The fourth-order valence-corrected chi connectivity index (χ4v) is 7.98. The summed E-state index contributed by atoms with van der Waals surface area (Å²) >= 11 is 0. The minimum Gasteiger partial charge on any atom is -0.390 e. The highest BCUT2D eigenvalue weighted by molar-refractivity contribution is 5.82. The molecule has 3 saturated carbocycles. The number of aliphatic hydroxyl groups is 1. The van der Waals surface area contributed by atoms with Crippen LogP contribution in [0, 0.1) is 41.4 Å². The molecule has 0 unspecified atom stereocenters. The summed E-state index contributed by atoms with van der Waals surface area (Å²) in [6.45, 7) is 9.20. The van der Waals surface area contributed by atoms with Crippen LogP contribution in [0.3, 0.4) is 0 Å². The van der Waals surface area contributed by atoms with Gasteiger partial charge in [0.25, 0.3) is 0 Å². The Kier molecular flexibility index (Phi) is 4.59. The highest BCUT2D eigenvalue weighted by atomic mass is 16.3. The minimum atomic E-state index is -0.494. The van der Waals surface area contributed by atoms with Crippen molar-refractivity contribution in [2.45, 2.75) is 91.2 Å². The van der Waals surface area contributed by atoms with Gasteiger partial charge in [-0.15, -0.1) is 10.2 Å². The van der Waals surface area contributed by atoms with Crippen molar-refractivity contribution in [1.82, 2.24) is 14.8 Å². The van der Waals surface area contributed by atoms with E-state index >= 15 is 0 Å². The maximum atomic E-state index is 13.3. The summed E-state index contributed by atoms with van der Waals surface area (Å²) in [5.41, 5.74) is 1.51. The van der Waals surface area contributed by atoms with Crippen LogP contribution in [-0.4, -0.2) is 31.3 Å².